The number of nitrogens with one attached hydrogen (secondary N) is 1. The van der Waals surface area contributed by atoms with Gasteiger partial charge < -0.3 is 19.5 Å². The van der Waals surface area contributed by atoms with Crippen LogP contribution >= 0.6 is 0 Å². The molecule has 0 bridgehead atoms. The van der Waals surface area contributed by atoms with Crippen LogP contribution in [-0.4, -0.2) is 38.2 Å². The van der Waals surface area contributed by atoms with Crippen LogP contribution in [0.5, 0.6) is 0 Å². The second kappa shape index (κ2) is 8.06. The molecule has 4 nitrogen and oxygen atoms in total. The molecule has 1 aromatic rings. The molecule has 3 atom stereocenters. The lowest BCUT2D eigenvalue weighted by molar-refractivity contribution is -0.197. The summed E-state index contributed by atoms with van der Waals surface area (Å²) in [4.78, 5) is 0. The van der Waals surface area contributed by atoms with Gasteiger partial charge in [0.25, 0.3) is 0 Å². The van der Waals surface area contributed by atoms with Crippen LogP contribution in [0.15, 0.2) is 30.3 Å². The van der Waals surface area contributed by atoms with Crippen molar-refractivity contribution in [1.82, 2.24) is 5.32 Å². The predicted molar refractivity (Wildman–Crippen MR) is 87.6 cm³/mol. The average molecular weight is 307 g/mol. The number of rotatable bonds is 6. The number of benzene rings is 1. The van der Waals surface area contributed by atoms with Crippen molar-refractivity contribution in [3.8, 4) is 0 Å². The van der Waals surface area contributed by atoms with Crippen molar-refractivity contribution in [2.45, 2.75) is 52.7 Å². The van der Waals surface area contributed by atoms with E-state index in [0.29, 0.717) is 26.4 Å². The van der Waals surface area contributed by atoms with Gasteiger partial charge in [0.15, 0.2) is 6.29 Å². The van der Waals surface area contributed by atoms with Crippen LogP contribution in [0.1, 0.15) is 33.3 Å². The smallest absolute Gasteiger partial charge is 0.172 e. The summed E-state index contributed by atoms with van der Waals surface area (Å²) in [6, 6.07) is 10.6. The molecule has 1 N–H and O–H groups in total. The van der Waals surface area contributed by atoms with Crippen LogP contribution in [0.25, 0.3) is 0 Å². The molecule has 0 amide bonds. The minimum Gasteiger partial charge on any atom is -0.375 e. The fourth-order valence-corrected chi connectivity index (χ4v) is 2.37. The van der Waals surface area contributed by atoms with E-state index in [-0.39, 0.29) is 23.8 Å². The molecule has 124 valence electrons. The lowest BCUT2D eigenvalue weighted by atomic mass is 9.99. The SMILES string of the molecule is C[C@@H]1N[C@@H](COCc2ccccc2)CO[C@H]1OCC(C)(C)C. The predicted octanol–water partition coefficient (Wildman–Crippen LogP) is 2.97. The lowest BCUT2D eigenvalue weighted by Crippen LogP contribution is -2.55. The van der Waals surface area contributed by atoms with Gasteiger partial charge in [0.05, 0.1) is 38.5 Å². The summed E-state index contributed by atoms with van der Waals surface area (Å²) in [5.74, 6) is 0. The number of hydrogen-bond acceptors (Lipinski definition) is 4. The molecule has 1 aliphatic heterocycles. The Kier molecular flexibility index (Phi) is 6.38. The monoisotopic (exact) mass is 307 g/mol. The quantitative estimate of drug-likeness (QED) is 0.877. The first-order valence-corrected chi connectivity index (χ1v) is 8.05. The molecule has 0 aliphatic carbocycles. The first-order chi connectivity index (χ1) is 10.4. The highest BCUT2D eigenvalue weighted by Gasteiger charge is 2.29. The second-order valence-electron chi connectivity index (χ2n) is 7.23. The molecular weight excluding hydrogens is 278 g/mol. The summed E-state index contributed by atoms with van der Waals surface area (Å²) < 4.78 is 17.5. The zero-order valence-corrected chi connectivity index (χ0v) is 14.2. The van der Waals surface area contributed by atoms with Crippen LogP contribution in [0, 0.1) is 5.41 Å². The van der Waals surface area contributed by atoms with Gasteiger partial charge in [0.1, 0.15) is 0 Å². The summed E-state index contributed by atoms with van der Waals surface area (Å²) in [5.41, 5.74) is 1.34. The Morgan fingerprint density at radius 2 is 1.95 bits per heavy atom. The molecule has 1 fully saturated rings. The number of ether oxygens (including phenoxy) is 3. The van der Waals surface area contributed by atoms with Crippen LogP contribution in [0.2, 0.25) is 0 Å². The minimum absolute atomic E-state index is 0.152. The first kappa shape index (κ1) is 17.4. The third kappa shape index (κ3) is 6.05. The maximum atomic E-state index is 5.86. The van der Waals surface area contributed by atoms with Crippen molar-refractivity contribution in [2.75, 3.05) is 19.8 Å². The molecule has 0 spiro atoms. The second-order valence-corrected chi connectivity index (χ2v) is 7.23. The maximum absolute atomic E-state index is 5.86. The van der Waals surface area contributed by atoms with Gasteiger partial charge in [-0.05, 0) is 17.9 Å². The van der Waals surface area contributed by atoms with E-state index in [9.17, 15) is 0 Å². The van der Waals surface area contributed by atoms with Gasteiger partial charge in [0.2, 0.25) is 0 Å². The van der Waals surface area contributed by atoms with E-state index in [1.54, 1.807) is 0 Å². The van der Waals surface area contributed by atoms with Gasteiger partial charge in [-0.2, -0.15) is 0 Å². The highest BCUT2D eigenvalue weighted by molar-refractivity contribution is 5.13. The summed E-state index contributed by atoms with van der Waals surface area (Å²) >= 11 is 0. The van der Waals surface area contributed by atoms with Gasteiger partial charge in [-0.25, -0.2) is 0 Å². The van der Waals surface area contributed by atoms with Crippen LogP contribution in [0.4, 0.5) is 0 Å². The summed E-state index contributed by atoms with van der Waals surface area (Å²) in [6.45, 7) is 11.2. The van der Waals surface area contributed by atoms with Gasteiger partial charge in [-0.1, -0.05) is 51.1 Å². The Bertz CT molecular complexity index is 430. The molecule has 22 heavy (non-hydrogen) atoms. The zero-order valence-electron chi connectivity index (χ0n) is 14.2. The zero-order chi connectivity index (χ0) is 16.0. The summed E-state index contributed by atoms with van der Waals surface area (Å²) in [6.07, 6.45) is -0.176. The van der Waals surface area contributed by atoms with Gasteiger partial charge >= 0.3 is 0 Å². The van der Waals surface area contributed by atoms with Crippen molar-refractivity contribution < 1.29 is 14.2 Å². The highest BCUT2D eigenvalue weighted by Crippen LogP contribution is 2.17. The molecule has 2 rings (SSSR count). The molecule has 1 heterocycles. The standard InChI is InChI=1S/C18H29NO3/c1-14-17(22-13-18(2,3)4)21-12-16(19-14)11-20-10-15-8-6-5-7-9-15/h5-9,14,16-17,19H,10-13H2,1-4H3/t14-,16-,17-/m0/s1. The number of hydrogen-bond donors (Lipinski definition) is 1. The molecule has 1 saturated heterocycles. The maximum Gasteiger partial charge on any atom is 0.172 e. The lowest BCUT2D eigenvalue weighted by Gasteiger charge is -2.36. The Balaban J connectivity index is 1.67. The van der Waals surface area contributed by atoms with Crippen molar-refractivity contribution in [2.24, 2.45) is 5.41 Å². The molecule has 0 aromatic heterocycles. The van der Waals surface area contributed by atoms with Crippen molar-refractivity contribution in [1.29, 1.82) is 0 Å². The third-order valence-corrected chi connectivity index (χ3v) is 3.48. The van der Waals surface area contributed by atoms with Gasteiger partial charge in [-0.15, -0.1) is 0 Å². The van der Waals surface area contributed by atoms with Crippen molar-refractivity contribution >= 4 is 0 Å². The summed E-state index contributed by atoms with van der Waals surface area (Å²) in [7, 11) is 0. The molecule has 1 aromatic carbocycles. The van der Waals surface area contributed by atoms with Gasteiger partial charge in [-0.3, -0.25) is 0 Å². The van der Waals surface area contributed by atoms with Crippen molar-refractivity contribution in [3.05, 3.63) is 35.9 Å². The van der Waals surface area contributed by atoms with Crippen LogP contribution in [0.3, 0.4) is 0 Å². The fraction of sp³-hybridized carbons (Fsp3) is 0.667. The van der Waals surface area contributed by atoms with Crippen LogP contribution < -0.4 is 5.32 Å². The molecule has 1 aliphatic rings. The van der Waals surface area contributed by atoms with Gasteiger partial charge in [0, 0.05) is 0 Å². The van der Waals surface area contributed by atoms with E-state index in [1.165, 1.54) is 5.56 Å². The Morgan fingerprint density at radius 1 is 1.23 bits per heavy atom. The number of morpholine rings is 1. The van der Waals surface area contributed by atoms with Crippen molar-refractivity contribution in [3.63, 3.8) is 0 Å². The van der Waals surface area contributed by atoms with E-state index < -0.39 is 0 Å². The molecule has 4 heteroatoms. The minimum atomic E-state index is -0.176. The first-order valence-electron chi connectivity index (χ1n) is 8.05. The van der Waals surface area contributed by atoms with E-state index in [4.69, 9.17) is 14.2 Å². The Labute approximate surface area is 134 Å². The molecule has 0 unspecified atom stereocenters. The average Bonchev–Trinajstić information content (AvgIpc) is 2.46. The third-order valence-electron chi connectivity index (χ3n) is 3.48. The van der Waals surface area contributed by atoms with E-state index in [0.717, 1.165) is 0 Å². The molecular formula is C18H29NO3. The Hall–Kier alpha value is -0.940. The molecule has 0 saturated carbocycles. The van der Waals surface area contributed by atoms with E-state index >= 15 is 0 Å². The fourth-order valence-electron chi connectivity index (χ4n) is 2.37. The summed E-state index contributed by atoms with van der Waals surface area (Å²) in [5, 5.41) is 3.51. The largest absolute Gasteiger partial charge is 0.375 e. The molecule has 0 radical (unpaired) electrons. The topological polar surface area (TPSA) is 39.7 Å². The van der Waals surface area contributed by atoms with E-state index in [1.807, 2.05) is 18.2 Å². The normalized spacial score (nSPS) is 26.1. The highest BCUT2D eigenvalue weighted by atomic mass is 16.7. The van der Waals surface area contributed by atoms with E-state index in [2.05, 4.69) is 45.1 Å². The Morgan fingerprint density at radius 3 is 2.59 bits per heavy atom. The van der Waals surface area contributed by atoms with Crippen LogP contribution in [-0.2, 0) is 20.8 Å².